The molecule has 1 aliphatic rings. The molecule has 3 rings (SSSR count). The number of benzene rings is 2. The highest BCUT2D eigenvalue weighted by Crippen LogP contribution is 2.39. The van der Waals surface area contributed by atoms with Gasteiger partial charge in [-0.05, 0) is 42.7 Å². The van der Waals surface area contributed by atoms with Gasteiger partial charge >= 0.3 is 6.18 Å². The highest BCUT2D eigenvalue weighted by atomic mass is 32.2. The Morgan fingerprint density at radius 3 is 2.18 bits per heavy atom. The summed E-state index contributed by atoms with van der Waals surface area (Å²) in [5, 5.41) is 15.2. The molecular formula is C17H16F3N3O3S2. The monoisotopic (exact) mass is 431 g/mol. The van der Waals surface area contributed by atoms with Crippen molar-refractivity contribution in [3.05, 3.63) is 54.1 Å². The van der Waals surface area contributed by atoms with Crippen molar-refractivity contribution in [1.29, 1.82) is 0 Å². The molecule has 0 aliphatic carbocycles. The number of aliphatic hydroxyl groups is 1. The first-order valence-electron chi connectivity index (χ1n) is 7.88. The van der Waals surface area contributed by atoms with E-state index in [0.29, 0.717) is 5.56 Å². The normalized spacial score (nSPS) is 20.4. The fourth-order valence-corrected chi connectivity index (χ4v) is 3.63. The summed E-state index contributed by atoms with van der Waals surface area (Å²) in [4.78, 5) is 5.50. The molecule has 2 aromatic rings. The molecule has 28 heavy (non-hydrogen) atoms. The molecule has 0 saturated carbocycles. The molecule has 0 saturated heterocycles. The number of halogens is 3. The predicted molar refractivity (Wildman–Crippen MR) is 101 cm³/mol. The molecule has 0 amide bonds. The van der Waals surface area contributed by atoms with Gasteiger partial charge < -0.3 is 10.0 Å². The van der Waals surface area contributed by atoms with Crippen LogP contribution in [0.4, 0.5) is 18.9 Å². The summed E-state index contributed by atoms with van der Waals surface area (Å²) in [6.07, 6.45) is -3.11. The third-order valence-corrected chi connectivity index (χ3v) is 5.88. The maximum atomic E-state index is 13.4. The fourth-order valence-electron chi connectivity index (χ4n) is 2.71. The molecule has 11 heteroatoms. The number of amidine groups is 1. The topological polar surface area (TPSA) is 96.0 Å². The molecule has 1 atom stereocenters. The van der Waals surface area contributed by atoms with Gasteiger partial charge in [-0.2, -0.15) is 13.2 Å². The maximum absolute atomic E-state index is 13.4. The van der Waals surface area contributed by atoms with Crippen molar-refractivity contribution < 1.29 is 26.7 Å². The quantitative estimate of drug-likeness (QED) is 0.726. The first kappa shape index (κ1) is 20.6. The van der Waals surface area contributed by atoms with Gasteiger partial charge in [0.05, 0.1) is 11.4 Å². The smallest absolute Gasteiger partial charge is 0.361 e. The summed E-state index contributed by atoms with van der Waals surface area (Å²) in [5.74, 6) is -0.0733. The van der Waals surface area contributed by atoms with E-state index in [4.69, 9.17) is 5.14 Å². The van der Waals surface area contributed by atoms with Crippen LogP contribution in [-0.4, -0.2) is 44.1 Å². The van der Waals surface area contributed by atoms with Gasteiger partial charge in [0.15, 0.2) is 0 Å². The Morgan fingerprint density at radius 1 is 1.14 bits per heavy atom. The molecular weight excluding hydrogens is 415 g/mol. The van der Waals surface area contributed by atoms with Gasteiger partial charge in [0, 0.05) is 16.1 Å². The lowest BCUT2D eigenvalue weighted by Crippen LogP contribution is -2.47. The molecule has 2 aromatic carbocycles. The highest BCUT2D eigenvalue weighted by Gasteiger charge is 2.58. The molecule has 0 radical (unpaired) electrons. The maximum Gasteiger partial charge on any atom is 0.440 e. The first-order valence-corrected chi connectivity index (χ1v) is 10.7. The number of β-amino-alcohol motifs (C(OH)–C–C–N with tert-alkyl or cyclic N) is 1. The van der Waals surface area contributed by atoms with Crippen molar-refractivity contribution in [1.82, 2.24) is 0 Å². The molecule has 0 fully saturated rings. The SMILES string of the molecule is CSc1ccc(C2=NC(O)(C(F)(F)F)CN2c2ccc(S(N)(=O)=O)cc2)cc1. The lowest BCUT2D eigenvalue weighted by molar-refractivity contribution is -0.249. The van der Waals surface area contributed by atoms with Crippen LogP contribution in [0.25, 0.3) is 0 Å². The Morgan fingerprint density at radius 2 is 1.71 bits per heavy atom. The largest absolute Gasteiger partial charge is 0.440 e. The van der Waals surface area contributed by atoms with E-state index in [1.165, 1.54) is 40.9 Å². The van der Waals surface area contributed by atoms with Crippen LogP contribution in [-0.2, 0) is 10.0 Å². The Labute approximate surface area is 163 Å². The number of nitrogens with two attached hydrogens (primary N) is 1. The van der Waals surface area contributed by atoms with E-state index >= 15 is 0 Å². The van der Waals surface area contributed by atoms with E-state index < -0.39 is 28.5 Å². The van der Waals surface area contributed by atoms with Crippen LogP contribution in [0.2, 0.25) is 0 Å². The van der Waals surface area contributed by atoms with Crippen molar-refractivity contribution in [3.63, 3.8) is 0 Å². The van der Waals surface area contributed by atoms with Crippen molar-refractivity contribution in [2.24, 2.45) is 10.1 Å². The minimum Gasteiger partial charge on any atom is -0.361 e. The molecule has 0 aromatic heterocycles. The van der Waals surface area contributed by atoms with Gasteiger partial charge in [-0.25, -0.2) is 18.5 Å². The first-order chi connectivity index (χ1) is 12.9. The van der Waals surface area contributed by atoms with Crippen LogP contribution in [0, 0.1) is 0 Å². The van der Waals surface area contributed by atoms with Crippen LogP contribution in [0.1, 0.15) is 5.56 Å². The van der Waals surface area contributed by atoms with Crippen LogP contribution in [0.5, 0.6) is 0 Å². The summed E-state index contributed by atoms with van der Waals surface area (Å²) in [6, 6.07) is 11.7. The Balaban J connectivity index is 2.06. The van der Waals surface area contributed by atoms with E-state index in [9.17, 15) is 26.7 Å². The second kappa shape index (κ2) is 7.07. The lowest BCUT2D eigenvalue weighted by atomic mass is 10.1. The van der Waals surface area contributed by atoms with Gasteiger partial charge in [0.2, 0.25) is 10.0 Å². The molecule has 150 valence electrons. The number of rotatable bonds is 4. The number of hydrogen-bond acceptors (Lipinski definition) is 6. The van der Waals surface area contributed by atoms with Gasteiger partial charge in [0.1, 0.15) is 5.84 Å². The Kier molecular flexibility index (Phi) is 5.21. The number of alkyl halides is 3. The Hall–Kier alpha value is -2.08. The van der Waals surface area contributed by atoms with Crippen molar-refractivity contribution in [3.8, 4) is 0 Å². The van der Waals surface area contributed by atoms with E-state index in [-0.39, 0.29) is 16.4 Å². The molecule has 1 unspecified atom stereocenters. The second-order valence-electron chi connectivity index (χ2n) is 6.10. The second-order valence-corrected chi connectivity index (χ2v) is 8.54. The van der Waals surface area contributed by atoms with E-state index in [1.807, 2.05) is 6.26 Å². The molecule has 3 N–H and O–H groups in total. The predicted octanol–water partition coefficient (Wildman–Crippen LogP) is 2.57. The number of anilines is 1. The van der Waals surface area contributed by atoms with Crippen molar-refractivity contribution in [2.75, 3.05) is 17.7 Å². The molecule has 1 heterocycles. The van der Waals surface area contributed by atoms with Gasteiger partial charge in [-0.1, -0.05) is 12.1 Å². The molecule has 0 spiro atoms. The number of hydrogen-bond donors (Lipinski definition) is 2. The minimum atomic E-state index is -4.98. The number of primary sulfonamides is 1. The third kappa shape index (κ3) is 3.88. The zero-order valence-electron chi connectivity index (χ0n) is 14.5. The molecule has 0 bridgehead atoms. The van der Waals surface area contributed by atoms with Gasteiger partial charge in [-0.3, -0.25) is 0 Å². The van der Waals surface area contributed by atoms with E-state index in [1.54, 1.807) is 24.3 Å². The van der Waals surface area contributed by atoms with Crippen LogP contribution in [0.15, 0.2) is 63.3 Å². The van der Waals surface area contributed by atoms with Gasteiger partial charge in [-0.15, -0.1) is 11.8 Å². The third-order valence-electron chi connectivity index (χ3n) is 4.20. The van der Waals surface area contributed by atoms with E-state index in [2.05, 4.69) is 4.99 Å². The molecule has 6 nitrogen and oxygen atoms in total. The van der Waals surface area contributed by atoms with E-state index in [0.717, 1.165) is 4.90 Å². The zero-order chi connectivity index (χ0) is 20.7. The van der Waals surface area contributed by atoms with Crippen LogP contribution < -0.4 is 10.0 Å². The molecule has 1 aliphatic heterocycles. The summed E-state index contributed by atoms with van der Waals surface area (Å²) >= 11 is 1.47. The number of thioether (sulfide) groups is 1. The van der Waals surface area contributed by atoms with Gasteiger partial charge in [0.25, 0.3) is 5.72 Å². The lowest BCUT2D eigenvalue weighted by Gasteiger charge is -2.25. The zero-order valence-corrected chi connectivity index (χ0v) is 16.1. The summed E-state index contributed by atoms with van der Waals surface area (Å²) < 4.78 is 62.9. The average Bonchev–Trinajstić information content (AvgIpc) is 3.00. The highest BCUT2D eigenvalue weighted by molar-refractivity contribution is 7.98. The van der Waals surface area contributed by atoms with Crippen LogP contribution >= 0.6 is 11.8 Å². The standard InChI is InChI=1S/C17H16F3N3O3S2/c1-27-13-6-2-11(3-7-13)15-22-16(24,17(18,19)20)10-23(15)12-4-8-14(9-5-12)28(21,25)26/h2-9,24H,10H2,1H3,(H2,21,25,26). The number of aliphatic imine (C=N–C) groups is 1. The minimum absolute atomic E-state index is 0.0733. The van der Waals surface area contributed by atoms with Crippen molar-refractivity contribution >= 4 is 33.3 Å². The average molecular weight is 431 g/mol. The van der Waals surface area contributed by atoms with Crippen molar-refractivity contribution in [2.45, 2.75) is 21.7 Å². The Bertz CT molecular complexity index is 1010. The summed E-state index contributed by atoms with van der Waals surface area (Å²) in [5.41, 5.74) is -2.66. The number of nitrogens with zero attached hydrogens (tertiary/aromatic N) is 2. The summed E-state index contributed by atoms with van der Waals surface area (Å²) in [7, 11) is -3.94. The van der Waals surface area contributed by atoms with Crippen LogP contribution in [0.3, 0.4) is 0 Å². The summed E-state index contributed by atoms with van der Waals surface area (Å²) in [6.45, 7) is -0.856. The number of sulfonamides is 1. The fraction of sp³-hybridized carbons (Fsp3) is 0.235.